The van der Waals surface area contributed by atoms with E-state index in [0.717, 1.165) is 11.1 Å². The van der Waals surface area contributed by atoms with Crippen molar-refractivity contribution in [1.29, 1.82) is 0 Å². The Morgan fingerprint density at radius 1 is 1.00 bits per heavy atom. The third kappa shape index (κ3) is 3.35. The number of halogens is 1. The number of nitrogens with one attached hydrogen (secondary N) is 1. The van der Waals surface area contributed by atoms with Crippen LogP contribution < -0.4 is 5.32 Å². The second-order valence-corrected chi connectivity index (χ2v) is 5.76. The van der Waals surface area contributed by atoms with Crippen molar-refractivity contribution in [3.63, 3.8) is 0 Å². The molecule has 1 atom stereocenters. The molecule has 2 rings (SSSR count). The van der Waals surface area contributed by atoms with Crippen LogP contribution in [0, 0.1) is 10.5 Å². The summed E-state index contributed by atoms with van der Waals surface area (Å²) in [5.41, 5.74) is 3.23. The van der Waals surface area contributed by atoms with Crippen molar-refractivity contribution in [2.45, 2.75) is 12.8 Å². The number of hydrogen-bond acceptors (Lipinski definition) is 1. The zero-order valence-corrected chi connectivity index (χ0v) is 13.1. The topological polar surface area (TPSA) is 29.1 Å². The fourth-order valence-corrected chi connectivity index (χ4v) is 2.41. The first-order valence-electron chi connectivity index (χ1n) is 6.15. The summed E-state index contributed by atoms with van der Waals surface area (Å²) in [4.78, 5) is 12.2. The highest BCUT2D eigenvalue weighted by molar-refractivity contribution is 14.1. The van der Waals surface area contributed by atoms with Gasteiger partial charge in [0.1, 0.15) is 0 Å². The first kappa shape index (κ1) is 14.1. The summed E-state index contributed by atoms with van der Waals surface area (Å²) < 4.78 is 1.17. The van der Waals surface area contributed by atoms with Gasteiger partial charge < -0.3 is 5.32 Å². The molecule has 0 bridgehead atoms. The maximum atomic E-state index is 12.2. The molecule has 3 heteroatoms. The molecule has 1 unspecified atom stereocenters. The standard InChI is InChI=1S/C16H16INO/c1-11-3-5-12(6-4-11)15(16(19)18-2)13-7-9-14(17)10-8-13/h3-10,15H,1-2H3,(H,18,19). The summed E-state index contributed by atoms with van der Waals surface area (Å²) in [6, 6.07) is 16.2. The molecule has 98 valence electrons. The number of amides is 1. The van der Waals surface area contributed by atoms with E-state index in [1.54, 1.807) is 7.05 Å². The van der Waals surface area contributed by atoms with Gasteiger partial charge in [0.2, 0.25) is 5.91 Å². The van der Waals surface area contributed by atoms with E-state index < -0.39 is 0 Å². The molecular formula is C16H16INO. The van der Waals surface area contributed by atoms with Crippen molar-refractivity contribution < 1.29 is 4.79 Å². The fraction of sp³-hybridized carbons (Fsp3) is 0.188. The minimum atomic E-state index is -0.248. The lowest BCUT2D eigenvalue weighted by Gasteiger charge is -2.16. The van der Waals surface area contributed by atoms with Gasteiger partial charge in [-0.2, -0.15) is 0 Å². The van der Waals surface area contributed by atoms with Gasteiger partial charge in [-0.05, 0) is 52.8 Å². The van der Waals surface area contributed by atoms with Crippen LogP contribution in [-0.2, 0) is 4.79 Å². The third-order valence-corrected chi connectivity index (χ3v) is 3.84. The fourth-order valence-electron chi connectivity index (χ4n) is 2.05. The Morgan fingerprint density at radius 3 is 1.95 bits per heavy atom. The van der Waals surface area contributed by atoms with Crippen molar-refractivity contribution >= 4 is 28.5 Å². The van der Waals surface area contributed by atoms with Gasteiger partial charge in [0, 0.05) is 10.6 Å². The smallest absolute Gasteiger partial charge is 0.231 e. The molecule has 0 saturated heterocycles. The van der Waals surface area contributed by atoms with Crippen molar-refractivity contribution in [3.05, 3.63) is 68.8 Å². The Hall–Kier alpha value is -1.36. The molecule has 0 aliphatic rings. The molecule has 0 radical (unpaired) electrons. The maximum absolute atomic E-state index is 12.2. The van der Waals surface area contributed by atoms with Gasteiger partial charge in [0.15, 0.2) is 0 Å². The number of rotatable bonds is 3. The lowest BCUT2D eigenvalue weighted by molar-refractivity contribution is -0.121. The van der Waals surface area contributed by atoms with Crippen molar-refractivity contribution in [3.8, 4) is 0 Å². The van der Waals surface area contributed by atoms with Crippen LogP contribution in [0.25, 0.3) is 0 Å². The molecular weight excluding hydrogens is 349 g/mol. The van der Waals surface area contributed by atoms with E-state index in [4.69, 9.17) is 0 Å². The molecule has 0 saturated carbocycles. The molecule has 2 aromatic carbocycles. The quantitative estimate of drug-likeness (QED) is 0.830. The molecule has 2 aromatic rings. The Bertz CT molecular complexity index is 515. The van der Waals surface area contributed by atoms with Crippen molar-refractivity contribution in [1.82, 2.24) is 5.32 Å². The van der Waals surface area contributed by atoms with Gasteiger partial charge in [0.05, 0.1) is 5.92 Å². The third-order valence-electron chi connectivity index (χ3n) is 3.12. The summed E-state index contributed by atoms with van der Waals surface area (Å²) in [6.07, 6.45) is 0. The molecule has 0 fully saturated rings. The minimum Gasteiger partial charge on any atom is -0.358 e. The number of carbonyl (C=O) groups is 1. The summed E-state index contributed by atoms with van der Waals surface area (Å²) in [7, 11) is 1.68. The highest BCUT2D eigenvalue weighted by atomic mass is 127. The summed E-state index contributed by atoms with van der Waals surface area (Å²) >= 11 is 2.27. The van der Waals surface area contributed by atoms with Crippen molar-refractivity contribution in [2.75, 3.05) is 7.05 Å². The van der Waals surface area contributed by atoms with E-state index in [1.807, 2.05) is 55.5 Å². The molecule has 0 aromatic heterocycles. The summed E-state index contributed by atoms with van der Waals surface area (Å²) in [5, 5.41) is 2.75. The average molecular weight is 365 g/mol. The monoisotopic (exact) mass is 365 g/mol. The molecule has 0 aliphatic carbocycles. The Kier molecular flexibility index (Phi) is 4.58. The Morgan fingerprint density at radius 2 is 1.47 bits per heavy atom. The first-order valence-corrected chi connectivity index (χ1v) is 7.23. The molecule has 19 heavy (non-hydrogen) atoms. The summed E-state index contributed by atoms with van der Waals surface area (Å²) in [5.74, 6) is -0.229. The van der Waals surface area contributed by atoms with E-state index in [0.29, 0.717) is 0 Å². The largest absolute Gasteiger partial charge is 0.358 e. The maximum Gasteiger partial charge on any atom is 0.231 e. The number of carbonyl (C=O) groups excluding carboxylic acids is 1. The number of likely N-dealkylation sites (N-methyl/N-ethyl adjacent to an activating group) is 1. The molecule has 0 spiro atoms. The van der Waals surface area contributed by atoms with Crippen LogP contribution in [0.3, 0.4) is 0 Å². The second-order valence-electron chi connectivity index (χ2n) is 4.51. The van der Waals surface area contributed by atoms with Gasteiger partial charge >= 0.3 is 0 Å². The van der Waals surface area contributed by atoms with Gasteiger partial charge in [-0.1, -0.05) is 42.0 Å². The van der Waals surface area contributed by atoms with E-state index >= 15 is 0 Å². The first-order chi connectivity index (χ1) is 9.11. The highest BCUT2D eigenvalue weighted by Gasteiger charge is 2.21. The van der Waals surface area contributed by atoms with Gasteiger partial charge in [-0.3, -0.25) is 4.79 Å². The predicted octanol–water partition coefficient (Wildman–Crippen LogP) is 3.48. The second kappa shape index (κ2) is 6.19. The molecule has 2 nitrogen and oxygen atoms in total. The molecule has 0 heterocycles. The Balaban J connectivity index is 2.44. The van der Waals surface area contributed by atoms with Crippen LogP contribution in [0.2, 0.25) is 0 Å². The number of aryl methyl sites for hydroxylation is 1. The average Bonchev–Trinajstić information content (AvgIpc) is 2.43. The number of benzene rings is 2. The Labute approximate surface area is 127 Å². The van der Waals surface area contributed by atoms with Crippen LogP contribution in [-0.4, -0.2) is 13.0 Å². The lowest BCUT2D eigenvalue weighted by atomic mass is 9.90. The predicted molar refractivity (Wildman–Crippen MR) is 86.2 cm³/mol. The van der Waals surface area contributed by atoms with Gasteiger partial charge in [-0.25, -0.2) is 0 Å². The zero-order chi connectivity index (χ0) is 13.8. The van der Waals surface area contributed by atoms with E-state index in [9.17, 15) is 4.79 Å². The van der Waals surface area contributed by atoms with Gasteiger partial charge in [0.25, 0.3) is 0 Å². The van der Waals surface area contributed by atoms with Crippen LogP contribution in [0.5, 0.6) is 0 Å². The van der Waals surface area contributed by atoms with Crippen molar-refractivity contribution in [2.24, 2.45) is 0 Å². The molecule has 0 aliphatic heterocycles. The SMILES string of the molecule is CNC(=O)C(c1ccc(C)cc1)c1ccc(I)cc1. The van der Waals surface area contributed by atoms with Crippen LogP contribution in [0.15, 0.2) is 48.5 Å². The van der Waals surface area contributed by atoms with Crippen LogP contribution in [0.1, 0.15) is 22.6 Å². The molecule has 1 amide bonds. The van der Waals surface area contributed by atoms with Crippen LogP contribution in [0.4, 0.5) is 0 Å². The lowest BCUT2D eigenvalue weighted by Crippen LogP contribution is -2.26. The highest BCUT2D eigenvalue weighted by Crippen LogP contribution is 2.25. The summed E-state index contributed by atoms with van der Waals surface area (Å²) in [6.45, 7) is 2.05. The normalized spacial score (nSPS) is 11.9. The zero-order valence-electron chi connectivity index (χ0n) is 11.0. The number of hydrogen-bond donors (Lipinski definition) is 1. The molecule has 1 N–H and O–H groups in total. The van der Waals surface area contributed by atoms with E-state index in [-0.39, 0.29) is 11.8 Å². The van der Waals surface area contributed by atoms with Crippen LogP contribution >= 0.6 is 22.6 Å². The van der Waals surface area contributed by atoms with E-state index in [1.165, 1.54) is 9.13 Å². The van der Waals surface area contributed by atoms with E-state index in [2.05, 4.69) is 27.9 Å². The minimum absolute atomic E-state index is 0.0186. The van der Waals surface area contributed by atoms with Gasteiger partial charge in [-0.15, -0.1) is 0 Å².